The Morgan fingerprint density at radius 3 is 2.29 bits per heavy atom. The zero-order chi connectivity index (χ0) is 24.0. The first-order valence-electron chi connectivity index (χ1n) is 12.1. The number of amides is 1. The molecule has 2 aliphatic heterocycles. The van der Waals surface area contributed by atoms with E-state index in [1.165, 1.54) is 24.8 Å². The fourth-order valence-electron chi connectivity index (χ4n) is 4.79. The lowest BCUT2D eigenvalue weighted by molar-refractivity contribution is -0.130. The van der Waals surface area contributed by atoms with Crippen LogP contribution in [0.2, 0.25) is 0 Å². The number of hydrogen-bond donors (Lipinski definition) is 1. The summed E-state index contributed by atoms with van der Waals surface area (Å²) < 4.78 is 27.9. The Morgan fingerprint density at radius 1 is 1.00 bits per heavy atom. The van der Waals surface area contributed by atoms with E-state index in [1.54, 1.807) is 36.5 Å². The summed E-state index contributed by atoms with van der Waals surface area (Å²) in [4.78, 5) is 23.1. The summed E-state index contributed by atoms with van der Waals surface area (Å²) in [6.07, 6.45) is 8.90. The summed E-state index contributed by atoms with van der Waals surface area (Å²) in [5.41, 5.74) is 2.81. The number of carbonyl (C=O) groups is 1. The van der Waals surface area contributed by atoms with Gasteiger partial charge in [0.25, 0.3) is 0 Å². The largest absolute Gasteiger partial charge is 0.372 e. The van der Waals surface area contributed by atoms with Crippen molar-refractivity contribution in [3.8, 4) is 0 Å². The number of carbonyl (C=O) groups excluding carboxylic acids is 1. The van der Waals surface area contributed by atoms with Crippen LogP contribution in [0.5, 0.6) is 0 Å². The van der Waals surface area contributed by atoms with Crippen molar-refractivity contribution >= 4 is 27.3 Å². The molecule has 0 atom stereocenters. The van der Waals surface area contributed by atoms with Gasteiger partial charge < -0.3 is 9.80 Å². The lowest BCUT2D eigenvalue weighted by Crippen LogP contribution is -2.47. The van der Waals surface area contributed by atoms with Crippen LogP contribution < -0.4 is 9.62 Å². The monoisotopic (exact) mass is 485 g/mol. The normalized spacial score (nSPS) is 18.0. The van der Waals surface area contributed by atoms with E-state index in [0.717, 1.165) is 51.3 Å². The summed E-state index contributed by atoms with van der Waals surface area (Å²) in [6.45, 7) is 4.68. The number of pyridine rings is 1. The maximum Gasteiger partial charge on any atom is 0.241 e. The summed E-state index contributed by atoms with van der Waals surface area (Å²) in [6, 6.07) is 11.5. The molecule has 0 radical (unpaired) electrons. The summed E-state index contributed by atoms with van der Waals surface area (Å²) in [5, 5.41) is 0. The van der Waals surface area contributed by atoms with E-state index in [-0.39, 0.29) is 11.9 Å². The molecule has 34 heavy (non-hydrogen) atoms. The maximum atomic E-state index is 12.8. The molecule has 8 nitrogen and oxygen atoms in total. The Bertz CT molecular complexity index is 1030. The molecule has 0 aliphatic carbocycles. The van der Waals surface area contributed by atoms with E-state index in [1.807, 2.05) is 24.3 Å². The van der Waals surface area contributed by atoms with Gasteiger partial charge in [0.15, 0.2) is 0 Å². The number of nitrogens with zero attached hydrogens (tertiary/aromatic N) is 4. The van der Waals surface area contributed by atoms with Crippen LogP contribution in [0, 0.1) is 0 Å². The van der Waals surface area contributed by atoms with Crippen molar-refractivity contribution in [1.82, 2.24) is 14.8 Å². The van der Waals surface area contributed by atoms with Gasteiger partial charge in [0, 0.05) is 69.6 Å². The third-order valence-electron chi connectivity index (χ3n) is 6.83. The molecule has 9 heteroatoms. The second kappa shape index (κ2) is 11.2. The zero-order valence-corrected chi connectivity index (χ0v) is 20.7. The second-order valence-corrected chi connectivity index (χ2v) is 11.0. The predicted octanol–water partition coefficient (Wildman–Crippen LogP) is 2.94. The Labute approximate surface area is 203 Å². The van der Waals surface area contributed by atoms with Gasteiger partial charge in [-0.1, -0.05) is 0 Å². The first-order valence-corrected chi connectivity index (χ1v) is 13.8. The summed E-state index contributed by atoms with van der Waals surface area (Å²) >= 11 is 0. The van der Waals surface area contributed by atoms with Gasteiger partial charge in [0.2, 0.25) is 15.9 Å². The van der Waals surface area contributed by atoms with Crippen molar-refractivity contribution in [2.45, 2.75) is 44.7 Å². The molecule has 184 valence electrons. The highest BCUT2D eigenvalue weighted by Gasteiger charge is 2.28. The molecule has 0 saturated carbocycles. The fourth-order valence-corrected chi connectivity index (χ4v) is 5.88. The molecule has 1 aromatic carbocycles. The minimum atomic E-state index is -3.78. The Balaban J connectivity index is 1.25. The van der Waals surface area contributed by atoms with Crippen LogP contribution in [0.25, 0.3) is 0 Å². The van der Waals surface area contributed by atoms with Crippen LogP contribution in [0.15, 0.2) is 48.8 Å². The predicted molar refractivity (Wildman–Crippen MR) is 135 cm³/mol. The molecule has 4 rings (SSSR count). The van der Waals surface area contributed by atoms with E-state index in [0.29, 0.717) is 5.69 Å². The number of piperidine rings is 2. The molecule has 2 fully saturated rings. The molecule has 2 saturated heterocycles. The average Bonchev–Trinajstić information content (AvgIpc) is 2.85. The van der Waals surface area contributed by atoms with Crippen molar-refractivity contribution in [2.24, 2.45) is 0 Å². The van der Waals surface area contributed by atoms with Crippen molar-refractivity contribution in [3.63, 3.8) is 0 Å². The van der Waals surface area contributed by atoms with E-state index in [9.17, 15) is 13.2 Å². The third kappa shape index (κ3) is 6.70. The van der Waals surface area contributed by atoms with Crippen LogP contribution in [-0.4, -0.2) is 74.1 Å². The minimum Gasteiger partial charge on any atom is -0.372 e. The van der Waals surface area contributed by atoms with E-state index in [2.05, 4.69) is 19.5 Å². The first-order chi connectivity index (χ1) is 16.4. The third-order valence-corrected chi connectivity index (χ3v) is 8.00. The molecule has 1 amide bonds. The van der Waals surface area contributed by atoms with Crippen molar-refractivity contribution in [1.29, 1.82) is 0 Å². The minimum absolute atomic E-state index is 0.0558. The van der Waals surface area contributed by atoms with Crippen LogP contribution in [0.4, 0.5) is 11.4 Å². The highest BCUT2D eigenvalue weighted by atomic mass is 32.2. The molecule has 0 unspecified atom stereocenters. The van der Waals surface area contributed by atoms with Gasteiger partial charge in [-0.15, -0.1) is 0 Å². The summed E-state index contributed by atoms with van der Waals surface area (Å²) in [5.74, 6) is -0.917. The van der Waals surface area contributed by atoms with Gasteiger partial charge in [-0.3, -0.25) is 19.4 Å². The van der Waals surface area contributed by atoms with E-state index in [4.69, 9.17) is 0 Å². The molecule has 2 aliphatic rings. The Hall–Kier alpha value is -2.65. The highest BCUT2D eigenvalue weighted by molar-refractivity contribution is 7.93. The zero-order valence-electron chi connectivity index (χ0n) is 19.9. The Kier molecular flexibility index (Phi) is 8.05. The van der Waals surface area contributed by atoms with Crippen LogP contribution in [0.3, 0.4) is 0 Å². The van der Waals surface area contributed by atoms with Gasteiger partial charge in [0.1, 0.15) is 5.75 Å². The highest BCUT2D eigenvalue weighted by Crippen LogP contribution is 2.23. The second-order valence-electron chi connectivity index (χ2n) is 9.32. The van der Waals surface area contributed by atoms with Gasteiger partial charge in [0.05, 0.1) is 0 Å². The molecule has 3 heterocycles. The molecule has 1 N–H and O–H groups in total. The lowest BCUT2D eigenvalue weighted by atomic mass is 10.0. The van der Waals surface area contributed by atoms with Crippen LogP contribution in [-0.2, 0) is 21.4 Å². The van der Waals surface area contributed by atoms with Crippen molar-refractivity contribution in [3.05, 3.63) is 54.4 Å². The lowest BCUT2D eigenvalue weighted by Gasteiger charge is -2.36. The number of anilines is 2. The number of aromatic nitrogens is 1. The van der Waals surface area contributed by atoms with E-state index < -0.39 is 15.8 Å². The maximum absolute atomic E-state index is 12.8. The van der Waals surface area contributed by atoms with Gasteiger partial charge in [-0.25, -0.2) is 8.42 Å². The Morgan fingerprint density at radius 2 is 1.65 bits per heavy atom. The van der Waals surface area contributed by atoms with Gasteiger partial charge in [-0.2, -0.15) is 0 Å². The molecule has 2 aromatic rings. The number of rotatable bonds is 8. The molecule has 0 spiro atoms. The first kappa shape index (κ1) is 24.5. The van der Waals surface area contributed by atoms with Crippen LogP contribution in [0.1, 0.15) is 37.7 Å². The van der Waals surface area contributed by atoms with Crippen LogP contribution >= 0.6 is 0 Å². The van der Waals surface area contributed by atoms with E-state index >= 15 is 0 Å². The number of likely N-dealkylation sites (tertiary alicyclic amines) is 1. The number of nitrogens with one attached hydrogen (secondary N) is 1. The molecule has 1 aromatic heterocycles. The van der Waals surface area contributed by atoms with Gasteiger partial charge in [-0.05, 0) is 74.1 Å². The number of sulfonamides is 1. The van der Waals surface area contributed by atoms with Crippen molar-refractivity contribution in [2.75, 3.05) is 48.6 Å². The molecule has 0 bridgehead atoms. The molecular weight excluding hydrogens is 450 g/mol. The fraction of sp³-hybridized carbons (Fsp3) is 0.520. The number of hydrogen-bond acceptors (Lipinski definition) is 6. The quantitative estimate of drug-likeness (QED) is 0.619. The average molecular weight is 486 g/mol. The van der Waals surface area contributed by atoms with Crippen molar-refractivity contribution < 1.29 is 13.2 Å². The summed E-state index contributed by atoms with van der Waals surface area (Å²) in [7, 11) is -2.06. The topological polar surface area (TPSA) is 85.8 Å². The number of benzene rings is 1. The van der Waals surface area contributed by atoms with Gasteiger partial charge >= 0.3 is 0 Å². The standard InChI is InChI=1S/C25H35N5O3S/c1-28(23-11-17-29(18-12-23)19-21-9-13-26-14-10-21)25(31)20-34(32,33)27-22-5-7-24(8-6-22)30-15-3-2-4-16-30/h5-10,13-14,23,27H,2-4,11-12,15-20H2,1H3. The SMILES string of the molecule is CN(C(=O)CS(=O)(=O)Nc1ccc(N2CCCCC2)cc1)C1CCN(Cc2ccncc2)CC1. The smallest absolute Gasteiger partial charge is 0.241 e. The molecular formula is C25H35N5O3S.